The number of hydrogen-bond acceptors (Lipinski definition) is 5. The molecule has 0 fully saturated rings. The van der Waals surface area contributed by atoms with Crippen molar-refractivity contribution in [2.45, 2.75) is 5.16 Å². The third kappa shape index (κ3) is 2.92. The van der Waals surface area contributed by atoms with Crippen LogP contribution in [0, 0.1) is 0 Å². The molecule has 0 amide bonds. The quantitative estimate of drug-likeness (QED) is 0.457. The summed E-state index contributed by atoms with van der Waals surface area (Å²) in [6, 6.07) is 1.75. The smallest absolute Gasteiger partial charge is 0.219 e. The van der Waals surface area contributed by atoms with Crippen molar-refractivity contribution in [1.82, 2.24) is 9.97 Å². The number of ether oxygens (including phenoxy) is 1. The van der Waals surface area contributed by atoms with Crippen molar-refractivity contribution in [3.63, 3.8) is 0 Å². The molecule has 0 saturated carbocycles. The van der Waals surface area contributed by atoms with E-state index in [0.717, 1.165) is 5.82 Å². The Labute approximate surface area is 87.8 Å². The van der Waals surface area contributed by atoms with Crippen LogP contribution in [0.2, 0.25) is 0 Å². The average Bonchev–Trinajstić information content (AvgIpc) is 2.25. The van der Waals surface area contributed by atoms with Gasteiger partial charge in [-0.05, 0) is 6.26 Å². The lowest BCUT2D eigenvalue weighted by Crippen LogP contribution is -2.00. The molecule has 1 heterocycles. The van der Waals surface area contributed by atoms with Gasteiger partial charge in [0.2, 0.25) is 5.88 Å². The summed E-state index contributed by atoms with van der Waals surface area (Å²) in [5, 5.41) is 3.64. The molecule has 0 atom stereocenters. The molecule has 0 aliphatic rings. The number of aromatic nitrogens is 2. The molecule has 0 bridgehead atoms. The minimum Gasteiger partial charge on any atom is -0.473 e. The van der Waals surface area contributed by atoms with Crippen LogP contribution in [0.1, 0.15) is 0 Å². The van der Waals surface area contributed by atoms with E-state index in [0.29, 0.717) is 17.6 Å². The zero-order valence-electron chi connectivity index (χ0n) is 8.28. The fourth-order valence-corrected chi connectivity index (χ4v) is 1.21. The van der Waals surface area contributed by atoms with Crippen molar-refractivity contribution in [2.75, 3.05) is 25.2 Å². The van der Waals surface area contributed by atoms with Gasteiger partial charge in [-0.25, -0.2) is 4.98 Å². The molecule has 0 aliphatic carbocycles. The van der Waals surface area contributed by atoms with Crippen LogP contribution in [0.5, 0.6) is 5.88 Å². The lowest BCUT2D eigenvalue weighted by Gasteiger charge is -2.06. The van der Waals surface area contributed by atoms with Crippen molar-refractivity contribution < 1.29 is 4.74 Å². The van der Waals surface area contributed by atoms with Crippen LogP contribution in [0.4, 0.5) is 5.82 Å². The molecule has 0 spiro atoms. The van der Waals surface area contributed by atoms with E-state index in [1.165, 1.54) is 11.8 Å². The largest absolute Gasteiger partial charge is 0.473 e. The first kappa shape index (κ1) is 10.8. The summed E-state index contributed by atoms with van der Waals surface area (Å²) < 4.78 is 5.32. The average molecular weight is 211 g/mol. The van der Waals surface area contributed by atoms with Crippen molar-refractivity contribution in [2.24, 2.45) is 0 Å². The predicted molar refractivity (Wildman–Crippen MR) is 59.1 cm³/mol. The van der Waals surface area contributed by atoms with Gasteiger partial charge in [0.05, 0.1) is 0 Å². The Hall–Kier alpha value is -1.23. The van der Waals surface area contributed by atoms with Crippen LogP contribution in [0.3, 0.4) is 0 Å². The van der Waals surface area contributed by atoms with Crippen LogP contribution in [0.15, 0.2) is 23.9 Å². The van der Waals surface area contributed by atoms with Gasteiger partial charge in [-0.3, -0.25) is 0 Å². The number of nitrogens with zero attached hydrogens (tertiary/aromatic N) is 2. The minimum atomic E-state index is 0.452. The van der Waals surface area contributed by atoms with Gasteiger partial charge in [-0.1, -0.05) is 24.4 Å². The Morgan fingerprint density at radius 3 is 3.00 bits per heavy atom. The molecule has 0 aliphatic heterocycles. The molecule has 1 N–H and O–H groups in total. The summed E-state index contributed by atoms with van der Waals surface area (Å²) in [5.74, 6) is 1.32. The molecule has 1 rings (SSSR count). The molecule has 76 valence electrons. The third-order valence-corrected chi connectivity index (χ3v) is 2.02. The molecule has 0 radical (unpaired) electrons. The van der Waals surface area contributed by atoms with E-state index in [-0.39, 0.29) is 0 Å². The lowest BCUT2D eigenvalue weighted by atomic mass is 10.5. The lowest BCUT2D eigenvalue weighted by molar-refractivity contribution is 0.345. The maximum absolute atomic E-state index is 5.32. The predicted octanol–water partition coefficient (Wildman–Crippen LogP) is 1.80. The second-order valence-electron chi connectivity index (χ2n) is 2.43. The van der Waals surface area contributed by atoms with Crippen LogP contribution in [0.25, 0.3) is 0 Å². The Morgan fingerprint density at radius 2 is 2.43 bits per heavy atom. The highest BCUT2D eigenvalue weighted by Crippen LogP contribution is 2.18. The van der Waals surface area contributed by atoms with E-state index in [4.69, 9.17) is 4.74 Å². The van der Waals surface area contributed by atoms with Crippen LogP contribution < -0.4 is 10.1 Å². The van der Waals surface area contributed by atoms with E-state index >= 15 is 0 Å². The standard InChI is InChI=1S/C9H13N3OS/c1-4-5-13-8-6-7(10-2)11-9(12-8)14-3/h4,6H,1,5H2,2-3H3,(H,10,11,12). The SMILES string of the molecule is C=CCOc1cc(NC)nc(SC)n1. The fraction of sp³-hybridized carbons (Fsp3) is 0.333. The Balaban J connectivity index is 2.86. The number of rotatable bonds is 5. The second kappa shape index (κ2) is 5.49. The maximum Gasteiger partial charge on any atom is 0.219 e. The van der Waals surface area contributed by atoms with E-state index in [1.807, 2.05) is 13.3 Å². The second-order valence-corrected chi connectivity index (χ2v) is 3.20. The van der Waals surface area contributed by atoms with Gasteiger partial charge in [0, 0.05) is 13.1 Å². The number of nitrogens with one attached hydrogen (secondary N) is 1. The number of hydrogen-bond donors (Lipinski definition) is 1. The monoisotopic (exact) mass is 211 g/mol. The van der Waals surface area contributed by atoms with Gasteiger partial charge >= 0.3 is 0 Å². The highest BCUT2D eigenvalue weighted by molar-refractivity contribution is 7.98. The zero-order chi connectivity index (χ0) is 10.4. The highest BCUT2D eigenvalue weighted by atomic mass is 32.2. The topological polar surface area (TPSA) is 47.0 Å². The number of thioether (sulfide) groups is 1. The third-order valence-electron chi connectivity index (χ3n) is 1.47. The summed E-state index contributed by atoms with van der Waals surface area (Å²) in [6.45, 7) is 4.02. The molecule has 1 aromatic heterocycles. The maximum atomic E-state index is 5.32. The summed E-state index contributed by atoms with van der Waals surface area (Å²) in [4.78, 5) is 8.39. The summed E-state index contributed by atoms with van der Waals surface area (Å²) in [5.41, 5.74) is 0. The van der Waals surface area contributed by atoms with Gasteiger partial charge in [0.15, 0.2) is 5.16 Å². The van der Waals surface area contributed by atoms with Crippen molar-refractivity contribution in [1.29, 1.82) is 0 Å². The fourth-order valence-electron chi connectivity index (χ4n) is 0.841. The van der Waals surface area contributed by atoms with Crippen LogP contribution in [-0.4, -0.2) is 29.9 Å². The van der Waals surface area contributed by atoms with Gasteiger partial charge in [0.1, 0.15) is 12.4 Å². The Kier molecular flexibility index (Phi) is 4.25. The van der Waals surface area contributed by atoms with E-state index in [9.17, 15) is 0 Å². The van der Waals surface area contributed by atoms with Gasteiger partial charge in [-0.2, -0.15) is 4.98 Å². The first-order valence-corrected chi connectivity index (χ1v) is 5.37. The van der Waals surface area contributed by atoms with Gasteiger partial charge in [0.25, 0.3) is 0 Å². The van der Waals surface area contributed by atoms with Crippen LogP contribution in [-0.2, 0) is 0 Å². The van der Waals surface area contributed by atoms with E-state index in [1.54, 1.807) is 12.1 Å². The number of anilines is 1. The molecule has 4 nitrogen and oxygen atoms in total. The molecule has 5 heteroatoms. The van der Waals surface area contributed by atoms with E-state index in [2.05, 4.69) is 21.9 Å². The Bertz CT molecular complexity index is 295. The summed E-state index contributed by atoms with van der Waals surface area (Å²) in [6.07, 6.45) is 3.60. The normalized spacial score (nSPS) is 9.57. The van der Waals surface area contributed by atoms with Crippen molar-refractivity contribution in [3.05, 3.63) is 18.7 Å². The van der Waals surface area contributed by atoms with Crippen LogP contribution >= 0.6 is 11.8 Å². The van der Waals surface area contributed by atoms with E-state index < -0.39 is 0 Å². The molecular formula is C9H13N3OS. The van der Waals surface area contributed by atoms with Gasteiger partial charge < -0.3 is 10.1 Å². The van der Waals surface area contributed by atoms with Gasteiger partial charge in [-0.15, -0.1) is 0 Å². The zero-order valence-corrected chi connectivity index (χ0v) is 9.10. The van der Waals surface area contributed by atoms with Crippen molar-refractivity contribution >= 4 is 17.6 Å². The molecule has 14 heavy (non-hydrogen) atoms. The first-order chi connectivity index (χ1) is 6.80. The molecule has 0 saturated heterocycles. The molecular weight excluding hydrogens is 198 g/mol. The van der Waals surface area contributed by atoms with Crippen molar-refractivity contribution in [3.8, 4) is 5.88 Å². The highest BCUT2D eigenvalue weighted by Gasteiger charge is 2.02. The molecule has 1 aromatic rings. The molecule has 0 unspecified atom stereocenters. The molecule has 0 aromatic carbocycles. The first-order valence-electron chi connectivity index (χ1n) is 4.14. The minimum absolute atomic E-state index is 0.452. The Morgan fingerprint density at radius 1 is 1.64 bits per heavy atom. The summed E-state index contributed by atoms with van der Waals surface area (Å²) >= 11 is 1.48. The summed E-state index contributed by atoms with van der Waals surface area (Å²) in [7, 11) is 1.81.